The zero-order valence-corrected chi connectivity index (χ0v) is 14.8. The van der Waals surface area contributed by atoms with Gasteiger partial charge in [0.15, 0.2) is 5.96 Å². The Hall–Kier alpha value is -2.89. The second kappa shape index (κ2) is 10.2. The van der Waals surface area contributed by atoms with Crippen molar-refractivity contribution in [3.05, 3.63) is 0 Å². The van der Waals surface area contributed by atoms with Gasteiger partial charge in [-0.3, -0.25) is 25.2 Å². The highest BCUT2D eigenvalue weighted by molar-refractivity contribution is 6.07. The molecule has 0 saturated heterocycles. The summed E-state index contributed by atoms with van der Waals surface area (Å²) in [6.07, 6.45) is 2.30. The van der Waals surface area contributed by atoms with Crippen molar-refractivity contribution < 1.29 is 14.4 Å². The van der Waals surface area contributed by atoms with Gasteiger partial charge in [-0.2, -0.15) is 0 Å². The summed E-state index contributed by atoms with van der Waals surface area (Å²) in [7, 11) is 1.51. The Morgan fingerprint density at radius 2 is 2.08 bits per heavy atom. The van der Waals surface area contributed by atoms with E-state index in [0.717, 1.165) is 12.8 Å². The van der Waals surface area contributed by atoms with E-state index in [-0.39, 0.29) is 36.8 Å². The van der Waals surface area contributed by atoms with Gasteiger partial charge in [0.25, 0.3) is 5.91 Å². The number of unbranched alkanes of at least 4 members (excludes halogenated alkanes) is 1. The molecule has 10 N–H and O–H groups in total. The van der Waals surface area contributed by atoms with E-state index in [1.807, 2.05) is 0 Å². The molecular weight excluding hydrogens is 342 g/mol. The van der Waals surface area contributed by atoms with E-state index in [2.05, 4.69) is 20.6 Å². The van der Waals surface area contributed by atoms with Crippen LogP contribution in [0.15, 0.2) is 9.98 Å². The van der Waals surface area contributed by atoms with E-state index >= 15 is 0 Å². The van der Waals surface area contributed by atoms with Crippen LogP contribution in [0.2, 0.25) is 0 Å². The number of amides is 4. The molecule has 1 aliphatic rings. The summed E-state index contributed by atoms with van der Waals surface area (Å²) in [6.45, 7) is 0.544. The zero-order chi connectivity index (χ0) is 19.7. The average Bonchev–Trinajstić information content (AvgIpc) is 2.53. The van der Waals surface area contributed by atoms with Crippen LogP contribution in [-0.4, -0.2) is 66.9 Å². The molecule has 12 heteroatoms. The molecule has 1 aliphatic heterocycles. The lowest BCUT2D eigenvalue weighted by atomic mass is 10.1. The standard InChI is InChI=1S/C14H27N9O3/c1-23(9-7-20-14(21-11(9)25)22-13(18)26)10(24)6-8(15)4-2-3-5-19-12(16)17/h8-9H,2-7,15H2,1H3,(H4,16,17,19)(H4,18,20,21,22,25,26)/t8-,9?/m0/s1. The third kappa shape index (κ3) is 7.34. The number of hydrogen-bond acceptors (Lipinski definition) is 6. The highest BCUT2D eigenvalue weighted by Crippen LogP contribution is 2.09. The largest absolute Gasteiger partial charge is 0.370 e. The first-order chi connectivity index (χ1) is 12.2. The number of nitrogens with zero attached hydrogens (tertiary/aromatic N) is 3. The van der Waals surface area contributed by atoms with Crippen LogP contribution in [0.3, 0.4) is 0 Å². The van der Waals surface area contributed by atoms with Gasteiger partial charge in [-0.1, -0.05) is 6.42 Å². The molecule has 1 rings (SSSR count). The van der Waals surface area contributed by atoms with Gasteiger partial charge in [0.2, 0.25) is 11.9 Å². The normalized spacial score (nSPS) is 17.5. The predicted octanol–water partition coefficient (Wildman–Crippen LogP) is -2.87. The number of nitrogens with one attached hydrogen (secondary N) is 2. The van der Waals surface area contributed by atoms with Crippen molar-refractivity contribution in [1.82, 2.24) is 15.5 Å². The Morgan fingerprint density at radius 3 is 2.65 bits per heavy atom. The van der Waals surface area contributed by atoms with Crippen LogP contribution in [0.4, 0.5) is 4.79 Å². The summed E-state index contributed by atoms with van der Waals surface area (Å²) in [6, 6.07) is -1.93. The molecule has 0 spiro atoms. The number of primary amides is 1. The number of likely N-dealkylation sites (N-methyl/N-ethyl adjacent to an activating group) is 1. The zero-order valence-electron chi connectivity index (χ0n) is 14.8. The van der Waals surface area contributed by atoms with E-state index in [9.17, 15) is 14.4 Å². The number of aliphatic imine (C=N–C) groups is 2. The third-order valence-electron chi connectivity index (χ3n) is 3.78. The first kappa shape index (κ1) is 21.2. The second-order valence-corrected chi connectivity index (χ2v) is 5.95. The maximum Gasteiger partial charge on any atom is 0.318 e. The molecule has 0 aromatic heterocycles. The Bertz CT molecular complexity index is 586. The Balaban J connectivity index is 2.42. The number of urea groups is 1. The topological polar surface area (TPSA) is 207 Å². The van der Waals surface area contributed by atoms with Gasteiger partial charge in [-0.15, -0.1) is 0 Å². The van der Waals surface area contributed by atoms with Crippen LogP contribution in [0.25, 0.3) is 0 Å². The first-order valence-corrected chi connectivity index (χ1v) is 8.19. The van der Waals surface area contributed by atoms with E-state index in [0.29, 0.717) is 13.0 Å². The lowest BCUT2D eigenvalue weighted by Gasteiger charge is -2.30. The van der Waals surface area contributed by atoms with E-state index < -0.39 is 18.0 Å². The minimum atomic E-state index is -0.835. The molecule has 146 valence electrons. The van der Waals surface area contributed by atoms with Crippen LogP contribution in [-0.2, 0) is 9.59 Å². The highest BCUT2D eigenvalue weighted by atomic mass is 16.2. The number of rotatable bonds is 8. The average molecular weight is 369 g/mol. The molecule has 0 radical (unpaired) electrons. The molecule has 26 heavy (non-hydrogen) atoms. The minimum absolute atomic E-state index is 0.0252. The minimum Gasteiger partial charge on any atom is -0.370 e. The number of guanidine groups is 2. The summed E-state index contributed by atoms with van der Waals surface area (Å²) in [5.74, 6) is -0.695. The molecule has 4 amide bonds. The molecule has 0 aromatic carbocycles. The molecule has 12 nitrogen and oxygen atoms in total. The molecule has 0 aromatic rings. The van der Waals surface area contributed by atoms with Crippen molar-refractivity contribution in [2.75, 3.05) is 20.1 Å². The van der Waals surface area contributed by atoms with Crippen molar-refractivity contribution in [2.24, 2.45) is 32.9 Å². The quantitative estimate of drug-likeness (QED) is 0.150. The SMILES string of the molecule is CN(C(=O)C[C@@H](N)CCCCN=C(N)N)C1CN=C(NC(N)=O)NC1=O. The Labute approximate surface area is 151 Å². The second-order valence-electron chi connectivity index (χ2n) is 5.95. The van der Waals surface area contributed by atoms with Gasteiger partial charge < -0.3 is 27.8 Å². The fourth-order valence-electron chi connectivity index (χ4n) is 2.36. The van der Waals surface area contributed by atoms with Gasteiger partial charge in [-0.25, -0.2) is 9.79 Å². The number of nitrogens with two attached hydrogens (primary N) is 4. The number of carbonyl (C=O) groups excluding carboxylic acids is 3. The van der Waals surface area contributed by atoms with E-state index in [4.69, 9.17) is 22.9 Å². The monoisotopic (exact) mass is 369 g/mol. The lowest BCUT2D eigenvalue weighted by molar-refractivity contribution is -0.138. The summed E-state index contributed by atoms with van der Waals surface area (Å²) in [5, 5.41) is 4.57. The molecule has 0 bridgehead atoms. The van der Waals surface area contributed by atoms with Crippen molar-refractivity contribution in [1.29, 1.82) is 0 Å². The van der Waals surface area contributed by atoms with Crippen molar-refractivity contribution >= 4 is 29.8 Å². The third-order valence-corrected chi connectivity index (χ3v) is 3.78. The summed E-state index contributed by atoms with van der Waals surface area (Å²) in [4.78, 5) is 44.3. The highest BCUT2D eigenvalue weighted by Gasteiger charge is 2.31. The van der Waals surface area contributed by atoms with Gasteiger partial charge in [0, 0.05) is 26.1 Å². The smallest absolute Gasteiger partial charge is 0.318 e. The molecule has 0 fully saturated rings. The summed E-state index contributed by atoms with van der Waals surface area (Å²) < 4.78 is 0. The fraction of sp³-hybridized carbons (Fsp3) is 0.643. The van der Waals surface area contributed by atoms with E-state index in [1.54, 1.807) is 0 Å². The molecule has 1 unspecified atom stereocenters. The first-order valence-electron chi connectivity index (χ1n) is 8.19. The predicted molar refractivity (Wildman–Crippen MR) is 96.8 cm³/mol. The van der Waals surface area contributed by atoms with Gasteiger partial charge in [-0.05, 0) is 12.8 Å². The molecule has 0 aliphatic carbocycles. The van der Waals surface area contributed by atoms with E-state index in [1.165, 1.54) is 11.9 Å². The maximum absolute atomic E-state index is 12.3. The molecule has 2 atom stereocenters. The fourth-order valence-corrected chi connectivity index (χ4v) is 2.36. The van der Waals surface area contributed by atoms with Gasteiger partial charge in [0.1, 0.15) is 6.04 Å². The van der Waals surface area contributed by atoms with Crippen LogP contribution in [0, 0.1) is 0 Å². The lowest BCUT2D eigenvalue weighted by Crippen LogP contribution is -2.58. The number of carbonyl (C=O) groups is 3. The van der Waals surface area contributed by atoms with Gasteiger partial charge in [0.05, 0.1) is 6.54 Å². The summed E-state index contributed by atoms with van der Waals surface area (Å²) >= 11 is 0. The van der Waals surface area contributed by atoms with Gasteiger partial charge >= 0.3 is 6.03 Å². The molecule has 0 saturated carbocycles. The maximum atomic E-state index is 12.3. The Kier molecular flexibility index (Phi) is 8.28. The van der Waals surface area contributed by atoms with Crippen molar-refractivity contribution in [3.63, 3.8) is 0 Å². The van der Waals surface area contributed by atoms with Crippen LogP contribution in [0.1, 0.15) is 25.7 Å². The van der Waals surface area contributed by atoms with Crippen LogP contribution >= 0.6 is 0 Å². The molecular formula is C14H27N9O3. The summed E-state index contributed by atoms with van der Waals surface area (Å²) in [5.41, 5.74) is 21.4. The van der Waals surface area contributed by atoms with Crippen molar-refractivity contribution in [3.8, 4) is 0 Å². The number of hydrogen-bond donors (Lipinski definition) is 6. The molecule has 1 heterocycles. The Morgan fingerprint density at radius 1 is 1.38 bits per heavy atom. The van der Waals surface area contributed by atoms with Crippen LogP contribution in [0.5, 0.6) is 0 Å². The van der Waals surface area contributed by atoms with Crippen LogP contribution < -0.4 is 33.6 Å². The van der Waals surface area contributed by atoms with Crippen molar-refractivity contribution in [2.45, 2.75) is 37.8 Å².